The van der Waals surface area contributed by atoms with Gasteiger partial charge in [-0.25, -0.2) is 9.97 Å². The normalized spacial score (nSPS) is 10.1. The summed E-state index contributed by atoms with van der Waals surface area (Å²) in [6.07, 6.45) is 1.68. The number of aromatic nitrogens is 5. The van der Waals surface area contributed by atoms with E-state index in [1.165, 1.54) is 12.4 Å². The van der Waals surface area contributed by atoms with Gasteiger partial charge in [0.2, 0.25) is 11.1 Å². The van der Waals surface area contributed by atoms with Gasteiger partial charge in [-0.05, 0) is 11.6 Å². The van der Waals surface area contributed by atoms with Gasteiger partial charge in [0.05, 0.1) is 18.1 Å². The van der Waals surface area contributed by atoms with Crippen LogP contribution in [0, 0.1) is 6.08 Å². The predicted molar refractivity (Wildman–Crippen MR) is 51.3 cm³/mol. The Morgan fingerprint density at radius 2 is 2.06 bits per heavy atom. The Kier molecular flexibility index (Phi) is 2.73. The van der Waals surface area contributed by atoms with Gasteiger partial charge in [-0.1, -0.05) is 5.10 Å². The number of rotatable bonds is 2. The first-order valence-electron chi connectivity index (χ1n) is 4.02. The third-order valence-corrected chi connectivity index (χ3v) is 1.75. The van der Waals surface area contributed by atoms with Gasteiger partial charge in [0.25, 0.3) is 5.91 Å². The van der Waals surface area contributed by atoms with Crippen molar-refractivity contribution in [1.82, 2.24) is 25.1 Å². The van der Waals surface area contributed by atoms with E-state index in [1.54, 1.807) is 0 Å². The molecule has 0 aliphatic carbocycles. The summed E-state index contributed by atoms with van der Waals surface area (Å²) in [6.45, 7) is 0. The summed E-state index contributed by atoms with van der Waals surface area (Å²) in [6, 6.07) is 0. The molecule has 0 radical (unpaired) electrons. The van der Waals surface area contributed by atoms with Crippen LogP contribution in [0.25, 0.3) is 0 Å². The van der Waals surface area contributed by atoms with Gasteiger partial charge in [-0.15, -0.1) is 5.10 Å². The molecule has 0 aromatic carbocycles. The highest BCUT2D eigenvalue weighted by Gasteiger charge is 2.11. The van der Waals surface area contributed by atoms with Crippen molar-refractivity contribution in [3.8, 4) is 0 Å². The fourth-order valence-electron chi connectivity index (χ4n) is 0.911. The van der Waals surface area contributed by atoms with E-state index in [0.29, 0.717) is 5.69 Å². The van der Waals surface area contributed by atoms with Crippen molar-refractivity contribution >= 4 is 23.2 Å². The Labute approximate surface area is 93.1 Å². The Hall–Kier alpha value is -2.09. The zero-order chi connectivity index (χ0) is 11.5. The molecule has 7 nitrogen and oxygen atoms in total. The molecule has 82 valence electrons. The Balaban J connectivity index is 2.10. The van der Waals surface area contributed by atoms with Gasteiger partial charge in [0, 0.05) is 0 Å². The summed E-state index contributed by atoms with van der Waals surface area (Å²) in [4.78, 5) is 20.8. The number of H-pyrrole nitrogens is 1. The fourth-order valence-corrected chi connectivity index (χ4v) is 1.01. The third-order valence-electron chi connectivity index (χ3n) is 1.55. The summed E-state index contributed by atoms with van der Waals surface area (Å²) in [5.74, 6) is -0.894. The van der Waals surface area contributed by atoms with Crippen molar-refractivity contribution in [3.63, 3.8) is 0 Å². The van der Waals surface area contributed by atoms with E-state index in [0.717, 1.165) is 0 Å². The van der Waals surface area contributed by atoms with E-state index in [-0.39, 0.29) is 11.1 Å². The molecule has 9 heteroatoms. The number of nitrogens with one attached hydrogen (secondary N) is 2. The van der Waals surface area contributed by atoms with Gasteiger partial charge in [0.15, 0.2) is 0 Å². The van der Waals surface area contributed by atoms with Crippen molar-refractivity contribution in [2.75, 3.05) is 5.32 Å². The molecule has 2 rings (SSSR count). The van der Waals surface area contributed by atoms with Crippen LogP contribution in [0.1, 0.15) is 10.6 Å². The van der Waals surface area contributed by atoms with Crippen LogP contribution in [0.5, 0.6) is 0 Å². The number of carbonyl (C=O) groups is 1. The van der Waals surface area contributed by atoms with Crippen LogP contribution in [0.3, 0.4) is 0 Å². The maximum atomic E-state index is 12.4. The van der Waals surface area contributed by atoms with E-state index in [9.17, 15) is 9.18 Å². The van der Waals surface area contributed by atoms with Crippen molar-refractivity contribution in [3.05, 3.63) is 29.6 Å². The summed E-state index contributed by atoms with van der Waals surface area (Å²) in [7, 11) is 0. The molecule has 0 aliphatic heterocycles. The highest BCUT2D eigenvalue weighted by Crippen LogP contribution is 2.06. The first-order chi connectivity index (χ1) is 7.65. The topological polar surface area (TPSA) is 96.5 Å². The molecule has 16 heavy (non-hydrogen) atoms. The van der Waals surface area contributed by atoms with Crippen LogP contribution in [0.15, 0.2) is 12.4 Å². The van der Waals surface area contributed by atoms with Gasteiger partial charge >= 0.3 is 6.08 Å². The Bertz CT molecular complexity index is 512. The molecular weight excluding hydrogens is 239 g/mol. The number of carbonyl (C=O) groups excluding carboxylic acids is 1. The SMILES string of the molecule is O=C(Nc1cnc(Cl)nc1)c1nnc(F)[nH]1. The average molecular weight is 243 g/mol. The maximum Gasteiger partial charge on any atom is 0.307 e. The van der Waals surface area contributed by atoms with Crippen molar-refractivity contribution in [2.24, 2.45) is 0 Å². The Morgan fingerprint density at radius 3 is 2.62 bits per heavy atom. The van der Waals surface area contributed by atoms with E-state index >= 15 is 0 Å². The number of halogens is 2. The van der Waals surface area contributed by atoms with Gasteiger partial charge in [0.1, 0.15) is 0 Å². The predicted octanol–water partition coefficient (Wildman–Crippen LogP) is 0.639. The summed E-state index contributed by atoms with van der Waals surface area (Å²) < 4.78 is 12.4. The van der Waals surface area contributed by atoms with Crippen molar-refractivity contribution in [1.29, 1.82) is 0 Å². The standard InChI is InChI=1S/C7H4ClFN6O/c8-6-10-1-3(2-11-6)12-5(16)4-13-7(9)15-14-4/h1-2H,(H,12,16)(H,13,14,15). The molecule has 2 aromatic heterocycles. The summed E-state index contributed by atoms with van der Waals surface area (Å²) in [5, 5.41) is 8.71. The zero-order valence-corrected chi connectivity index (χ0v) is 8.36. The third kappa shape index (κ3) is 2.28. The van der Waals surface area contributed by atoms with Crippen molar-refractivity contribution < 1.29 is 9.18 Å². The minimum Gasteiger partial charge on any atom is -0.317 e. The fraction of sp³-hybridized carbons (Fsp3) is 0. The molecule has 1 amide bonds. The highest BCUT2D eigenvalue weighted by atomic mass is 35.5. The second-order valence-electron chi connectivity index (χ2n) is 2.66. The molecule has 0 spiro atoms. The molecule has 0 bridgehead atoms. The van der Waals surface area contributed by atoms with Crippen LogP contribution in [-0.4, -0.2) is 31.1 Å². The molecule has 2 aromatic rings. The van der Waals surface area contributed by atoms with Crippen LogP contribution in [0.2, 0.25) is 5.28 Å². The van der Waals surface area contributed by atoms with Crippen molar-refractivity contribution in [2.45, 2.75) is 0 Å². The van der Waals surface area contributed by atoms with E-state index in [1.807, 2.05) is 4.98 Å². The quantitative estimate of drug-likeness (QED) is 0.754. The van der Waals surface area contributed by atoms with Crippen LogP contribution in [-0.2, 0) is 0 Å². The highest BCUT2D eigenvalue weighted by molar-refractivity contribution is 6.28. The average Bonchev–Trinajstić information content (AvgIpc) is 2.68. The van der Waals surface area contributed by atoms with Crippen LogP contribution < -0.4 is 5.32 Å². The number of amides is 1. The maximum absolute atomic E-state index is 12.4. The first kappa shape index (κ1) is 10.4. The smallest absolute Gasteiger partial charge is 0.307 e. The van der Waals surface area contributed by atoms with Gasteiger partial charge < -0.3 is 5.32 Å². The molecule has 0 saturated carbocycles. The summed E-state index contributed by atoms with van der Waals surface area (Å²) >= 11 is 5.46. The molecule has 0 saturated heterocycles. The van der Waals surface area contributed by atoms with E-state index in [4.69, 9.17) is 11.6 Å². The second-order valence-corrected chi connectivity index (χ2v) is 3.00. The number of nitrogens with zero attached hydrogens (tertiary/aromatic N) is 4. The molecule has 0 atom stereocenters. The molecule has 0 aliphatic rings. The van der Waals surface area contributed by atoms with Crippen LogP contribution >= 0.6 is 11.6 Å². The van der Waals surface area contributed by atoms with Crippen LogP contribution in [0.4, 0.5) is 10.1 Å². The number of anilines is 1. The zero-order valence-electron chi connectivity index (χ0n) is 7.61. The van der Waals surface area contributed by atoms with Gasteiger partial charge in [-0.3, -0.25) is 9.78 Å². The van der Waals surface area contributed by atoms with E-state index in [2.05, 4.69) is 25.5 Å². The minimum absolute atomic E-state index is 0.0590. The summed E-state index contributed by atoms with van der Waals surface area (Å²) in [5.41, 5.74) is 0.311. The first-order valence-corrected chi connectivity index (χ1v) is 4.40. The molecule has 0 fully saturated rings. The van der Waals surface area contributed by atoms with Gasteiger partial charge in [-0.2, -0.15) is 4.39 Å². The lowest BCUT2D eigenvalue weighted by Gasteiger charge is -2.00. The molecule has 2 heterocycles. The lowest BCUT2D eigenvalue weighted by atomic mass is 10.5. The number of hydrogen-bond acceptors (Lipinski definition) is 5. The molecule has 0 unspecified atom stereocenters. The lowest BCUT2D eigenvalue weighted by molar-refractivity contribution is 0.101. The molecule has 2 N–H and O–H groups in total. The minimum atomic E-state index is -0.933. The largest absolute Gasteiger partial charge is 0.317 e. The monoisotopic (exact) mass is 242 g/mol. The van der Waals surface area contributed by atoms with E-state index < -0.39 is 12.0 Å². The number of hydrogen-bond donors (Lipinski definition) is 2. The second kappa shape index (κ2) is 4.19. The Morgan fingerprint density at radius 1 is 1.38 bits per heavy atom. The molecular formula is C7H4ClFN6O. The number of aromatic amines is 1. The lowest BCUT2D eigenvalue weighted by Crippen LogP contribution is -2.14.